The molecule has 0 fully saturated rings. The molecule has 0 atom stereocenters. The van der Waals surface area contributed by atoms with Crippen molar-refractivity contribution in [2.75, 3.05) is 0 Å². The quantitative estimate of drug-likeness (QED) is 0.728. The molecule has 0 aliphatic heterocycles. The number of hydrogen-bond acceptors (Lipinski definition) is 4. The first-order valence-electron chi connectivity index (χ1n) is 6.60. The van der Waals surface area contributed by atoms with E-state index in [1.807, 2.05) is 30.5 Å². The second-order valence-corrected chi connectivity index (χ2v) is 4.68. The molecular formula is C15H14N4O. The Bertz CT molecular complexity index is 779. The summed E-state index contributed by atoms with van der Waals surface area (Å²) in [6.07, 6.45) is 3.78. The van der Waals surface area contributed by atoms with Gasteiger partial charge in [0.2, 0.25) is 5.89 Å². The number of fused-ring (bicyclic) bond motifs is 1. The monoisotopic (exact) mass is 266 g/mol. The van der Waals surface area contributed by atoms with Crippen LogP contribution in [0.15, 0.2) is 35.0 Å². The van der Waals surface area contributed by atoms with E-state index in [2.05, 4.69) is 27.7 Å². The first kappa shape index (κ1) is 12.4. The van der Waals surface area contributed by atoms with Crippen molar-refractivity contribution in [2.45, 2.75) is 26.3 Å². The van der Waals surface area contributed by atoms with E-state index in [-0.39, 0.29) is 0 Å². The molecule has 20 heavy (non-hydrogen) atoms. The van der Waals surface area contributed by atoms with E-state index in [9.17, 15) is 0 Å². The van der Waals surface area contributed by atoms with Crippen molar-refractivity contribution in [3.05, 3.63) is 47.7 Å². The molecule has 0 spiro atoms. The molecule has 0 radical (unpaired) electrons. The fourth-order valence-electron chi connectivity index (χ4n) is 2.23. The lowest BCUT2D eigenvalue weighted by atomic mass is 10.2. The van der Waals surface area contributed by atoms with E-state index in [1.165, 1.54) is 0 Å². The van der Waals surface area contributed by atoms with Gasteiger partial charge < -0.3 is 9.09 Å². The zero-order chi connectivity index (χ0) is 13.9. The number of aryl methyl sites for hydroxylation is 1. The predicted molar refractivity (Wildman–Crippen MR) is 74.0 cm³/mol. The number of hydrogen-bond donors (Lipinski definition) is 0. The van der Waals surface area contributed by atoms with Crippen molar-refractivity contribution in [3.8, 4) is 6.07 Å². The Hall–Kier alpha value is -2.61. The number of benzene rings is 1. The van der Waals surface area contributed by atoms with E-state index in [0.717, 1.165) is 23.7 Å². The maximum Gasteiger partial charge on any atom is 0.226 e. The highest BCUT2D eigenvalue weighted by Crippen LogP contribution is 2.18. The summed E-state index contributed by atoms with van der Waals surface area (Å²) in [5.41, 5.74) is 1.73. The van der Waals surface area contributed by atoms with Crippen LogP contribution >= 0.6 is 0 Å². The Morgan fingerprint density at radius 1 is 1.35 bits per heavy atom. The van der Waals surface area contributed by atoms with Crippen molar-refractivity contribution in [2.24, 2.45) is 0 Å². The van der Waals surface area contributed by atoms with Gasteiger partial charge in [0.25, 0.3) is 0 Å². The minimum atomic E-state index is 0.572. The zero-order valence-corrected chi connectivity index (χ0v) is 11.2. The topological polar surface area (TPSA) is 67.6 Å². The van der Waals surface area contributed by atoms with Crippen LogP contribution in [0.25, 0.3) is 10.9 Å². The summed E-state index contributed by atoms with van der Waals surface area (Å²) in [6.45, 7) is 2.65. The number of aromatic nitrogens is 3. The number of nitrogens with zero attached hydrogens (tertiary/aromatic N) is 4. The van der Waals surface area contributed by atoms with Crippen LogP contribution in [0.2, 0.25) is 0 Å². The summed E-state index contributed by atoms with van der Waals surface area (Å²) in [6, 6.07) is 9.78. The number of nitriles is 1. The molecule has 0 unspecified atom stereocenters. The Labute approximate surface area is 116 Å². The van der Waals surface area contributed by atoms with Crippen molar-refractivity contribution < 1.29 is 4.52 Å². The first-order chi connectivity index (χ1) is 9.80. The summed E-state index contributed by atoms with van der Waals surface area (Å²) in [5.74, 6) is 1.36. The average Bonchev–Trinajstić information content (AvgIpc) is 3.07. The fraction of sp³-hybridized carbons (Fsp3) is 0.267. The van der Waals surface area contributed by atoms with Gasteiger partial charge >= 0.3 is 0 Å². The lowest BCUT2D eigenvalue weighted by molar-refractivity contribution is 0.371. The third kappa shape index (κ3) is 2.28. The highest BCUT2D eigenvalue weighted by molar-refractivity contribution is 5.81. The summed E-state index contributed by atoms with van der Waals surface area (Å²) < 4.78 is 7.24. The van der Waals surface area contributed by atoms with Gasteiger partial charge in [0.1, 0.15) is 0 Å². The molecular weight excluding hydrogens is 252 g/mol. The van der Waals surface area contributed by atoms with Crippen LogP contribution in [0.4, 0.5) is 0 Å². The van der Waals surface area contributed by atoms with Crippen LogP contribution in [-0.4, -0.2) is 14.7 Å². The molecule has 2 heterocycles. The Morgan fingerprint density at radius 3 is 3.05 bits per heavy atom. The van der Waals surface area contributed by atoms with E-state index < -0.39 is 0 Å². The normalized spacial score (nSPS) is 10.8. The van der Waals surface area contributed by atoms with Crippen LogP contribution in [-0.2, 0) is 13.0 Å². The molecule has 100 valence electrons. The van der Waals surface area contributed by atoms with Crippen LogP contribution in [0.5, 0.6) is 0 Å². The van der Waals surface area contributed by atoms with E-state index in [4.69, 9.17) is 9.78 Å². The minimum absolute atomic E-state index is 0.572. The molecule has 2 aromatic heterocycles. The van der Waals surface area contributed by atoms with Crippen molar-refractivity contribution >= 4 is 10.9 Å². The van der Waals surface area contributed by atoms with E-state index in [1.54, 1.807) is 0 Å². The summed E-state index contributed by atoms with van der Waals surface area (Å²) in [4.78, 5) is 4.36. The second kappa shape index (κ2) is 5.17. The second-order valence-electron chi connectivity index (χ2n) is 4.68. The predicted octanol–water partition coefficient (Wildman–Crippen LogP) is 2.90. The van der Waals surface area contributed by atoms with Gasteiger partial charge in [0, 0.05) is 23.5 Å². The smallest absolute Gasteiger partial charge is 0.226 e. The molecule has 0 saturated carbocycles. The van der Waals surface area contributed by atoms with Crippen LogP contribution < -0.4 is 0 Å². The minimum Gasteiger partial charge on any atom is -0.340 e. The molecule has 0 aliphatic carbocycles. The van der Waals surface area contributed by atoms with Crippen LogP contribution in [0, 0.1) is 11.3 Å². The Morgan fingerprint density at radius 2 is 2.25 bits per heavy atom. The lowest BCUT2D eigenvalue weighted by Crippen LogP contribution is -2.00. The lowest BCUT2D eigenvalue weighted by Gasteiger charge is -2.01. The highest BCUT2D eigenvalue weighted by Gasteiger charge is 2.08. The Kier molecular flexibility index (Phi) is 3.21. The summed E-state index contributed by atoms with van der Waals surface area (Å²) in [7, 11) is 0. The van der Waals surface area contributed by atoms with Gasteiger partial charge in [-0.25, -0.2) is 0 Å². The van der Waals surface area contributed by atoms with Gasteiger partial charge in [-0.15, -0.1) is 0 Å². The van der Waals surface area contributed by atoms with Gasteiger partial charge in [-0.3, -0.25) is 0 Å². The average molecular weight is 266 g/mol. The maximum atomic E-state index is 8.90. The number of rotatable bonds is 4. The largest absolute Gasteiger partial charge is 0.340 e. The third-order valence-electron chi connectivity index (χ3n) is 3.19. The molecule has 3 aromatic rings. The molecule has 0 N–H and O–H groups in total. The zero-order valence-electron chi connectivity index (χ0n) is 11.2. The van der Waals surface area contributed by atoms with Crippen molar-refractivity contribution in [3.63, 3.8) is 0 Å². The SMILES string of the molecule is CCCc1nc(Cn2ccc3cc(C#N)ccc32)no1. The summed E-state index contributed by atoms with van der Waals surface area (Å²) >= 11 is 0. The molecule has 1 aromatic carbocycles. The molecule has 0 amide bonds. The maximum absolute atomic E-state index is 8.90. The van der Waals surface area contributed by atoms with E-state index >= 15 is 0 Å². The highest BCUT2D eigenvalue weighted by atomic mass is 16.5. The molecule has 5 nitrogen and oxygen atoms in total. The summed E-state index contributed by atoms with van der Waals surface area (Å²) in [5, 5.41) is 13.9. The molecule has 0 bridgehead atoms. The van der Waals surface area contributed by atoms with Gasteiger partial charge in [0.05, 0.1) is 18.2 Å². The van der Waals surface area contributed by atoms with Gasteiger partial charge in [-0.1, -0.05) is 12.1 Å². The third-order valence-corrected chi connectivity index (χ3v) is 3.19. The Balaban J connectivity index is 1.88. The molecule has 5 heteroatoms. The molecule has 0 aliphatic rings. The van der Waals surface area contributed by atoms with Crippen LogP contribution in [0.1, 0.15) is 30.6 Å². The van der Waals surface area contributed by atoms with Gasteiger partial charge in [-0.2, -0.15) is 10.2 Å². The van der Waals surface area contributed by atoms with Gasteiger partial charge in [-0.05, 0) is 30.7 Å². The van der Waals surface area contributed by atoms with Crippen molar-refractivity contribution in [1.29, 1.82) is 5.26 Å². The van der Waals surface area contributed by atoms with Gasteiger partial charge in [0.15, 0.2) is 5.82 Å². The molecule has 3 rings (SSSR count). The molecule has 0 saturated heterocycles. The standard InChI is InChI=1S/C15H14N4O/c1-2-3-15-17-14(18-20-15)10-19-7-6-12-8-11(9-16)4-5-13(12)19/h4-8H,2-3,10H2,1H3. The first-order valence-corrected chi connectivity index (χ1v) is 6.60. The fourth-order valence-corrected chi connectivity index (χ4v) is 2.23. The van der Waals surface area contributed by atoms with Crippen molar-refractivity contribution in [1.82, 2.24) is 14.7 Å². The van der Waals surface area contributed by atoms with E-state index in [0.29, 0.717) is 23.8 Å². The van der Waals surface area contributed by atoms with Crippen LogP contribution in [0.3, 0.4) is 0 Å².